The van der Waals surface area contributed by atoms with Crippen molar-refractivity contribution in [2.45, 2.75) is 6.92 Å². The van der Waals surface area contributed by atoms with Gasteiger partial charge in [0.05, 0.1) is 16.9 Å². The van der Waals surface area contributed by atoms with Gasteiger partial charge < -0.3 is 0 Å². The molecule has 0 aliphatic rings. The lowest BCUT2D eigenvalue weighted by Gasteiger charge is -2.04. The van der Waals surface area contributed by atoms with Crippen molar-refractivity contribution in [3.05, 3.63) is 59.4 Å². The van der Waals surface area contributed by atoms with Gasteiger partial charge in [-0.2, -0.15) is 0 Å². The van der Waals surface area contributed by atoms with Gasteiger partial charge in [0.25, 0.3) is 0 Å². The Morgan fingerprint density at radius 3 is 2.71 bits per heavy atom. The average Bonchev–Trinajstić information content (AvgIpc) is 2.74. The molecule has 3 heteroatoms. The zero-order valence-corrected chi connectivity index (χ0v) is 10.1. The first-order valence-electron chi connectivity index (χ1n) is 5.44. The predicted octanol–water partition coefficient (Wildman–Crippen LogP) is 3.96. The number of pyridine rings is 1. The molecule has 0 bridgehead atoms. The minimum atomic E-state index is 0.687. The molecular weight excluding hydrogens is 232 g/mol. The molecule has 2 heterocycles. The zero-order chi connectivity index (χ0) is 11.8. The van der Waals surface area contributed by atoms with Crippen LogP contribution in [0.25, 0.3) is 16.9 Å². The van der Waals surface area contributed by atoms with Crippen LogP contribution in [-0.2, 0) is 0 Å². The van der Waals surface area contributed by atoms with Gasteiger partial charge in [-0.05, 0) is 18.6 Å². The summed E-state index contributed by atoms with van der Waals surface area (Å²) < 4.78 is 2.03. The quantitative estimate of drug-likeness (QED) is 0.631. The van der Waals surface area contributed by atoms with Crippen LogP contribution >= 0.6 is 11.6 Å². The first-order valence-corrected chi connectivity index (χ1v) is 5.82. The normalized spacial score (nSPS) is 10.9. The molecule has 0 N–H and O–H groups in total. The summed E-state index contributed by atoms with van der Waals surface area (Å²) in [6.45, 7) is 2.03. The highest BCUT2D eigenvalue weighted by molar-refractivity contribution is 6.33. The van der Waals surface area contributed by atoms with Gasteiger partial charge in [-0.3, -0.25) is 4.40 Å². The summed E-state index contributed by atoms with van der Waals surface area (Å²) in [5.41, 5.74) is 4.13. The number of halogens is 1. The van der Waals surface area contributed by atoms with Crippen LogP contribution in [0.4, 0.5) is 0 Å². The molecule has 0 spiro atoms. The Morgan fingerprint density at radius 1 is 1.18 bits per heavy atom. The van der Waals surface area contributed by atoms with Crippen molar-refractivity contribution in [3.63, 3.8) is 0 Å². The van der Waals surface area contributed by atoms with Gasteiger partial charge >= 0.3 is 0 Å². The Bertz CT molecular complexity index is 671. The second-order valence-corrected chi connectivity index (χ2v) is 4.48. The summed E-state index contributed by atoms with van der Waals surface area (Å²) in [4.78, 5) is 4.37. The Labute approximate surface area is 104 Å². The Morgan fingerprint density at radius 2 is 1.94 bits per heavy atom. The molecule has 1 aromatic carbocycles. The minimum Gasteiger partial charge on any atom is -0.298 e. The second kappa shape index (κ2) is 3.90. The van der Waals surface area contributed by atoms with Gasteiger partial charge in [0, 0.05) is 11.8 Å². The number of benzene rings is 1. The smallest absolute Gasteiger partial charge is 0.156 e. The lowest BCUT2D eigenvalue weighted by Crippen LogP contribution is -1.90. The number of rotatable bonds is 1. The van der Waals surface area contributed by atoms with Crippen molar-refractivity contribution in [1.29, 1.82) is 0 Å². The minimum absolute atomic E-state index is 0.687. The highest BCUT2D eigenvalue weighted by atomic mass is 35.5. The molecule has 3 aromatic rings. The molecule has 2 aromatic heterocycles. The molecule has 0 aliphatic heterocycles. The summed E-state index contributed by atoms with van der Waals surface area (Å²) in [7, 11) is 0. The lowest BCUT2D eigenvalue weighted by molar-refractivity contribution is 1.16. The van der Waals surface area contributed by atoms with E-state index in [4.69, 9.17) is 11.6 Å². The summed E-state index contributed by atoms with van der Waals surface area (Å²) in [6, 6.07) is 12.1. The van der Waals surface area contributed by atoms with Crippen LogP contribution in [0.15, 0.2) is 48.8 Å². The van der Waals surface area contributed by atoms with E-state index >= 15 is 0 Å². The van der Waals surface area contributed by atoms with Crippen molar-refractivity contribution in [3.8, 4) is 11.3 Å². The van der Waals surface area contributed by atoms with Gasteiger partial charge in [-0.25, -0.2) is 4.98 Å². The lowest BCUT2D eigenvalue weighted by atomic mass is 10.2. The van der Waals surface area contributed by atoms with Crippen LogP contribution in [0.3, 0.4) is 0 Å². The SMILES string of the molecule is Cc1cc(Cl)c2ncc(-c3ccccc3)n2c1. The molecule has 0 amide bonds. The Hall–Kier alpha value is -1.80. The number of fused-ring (bicyclic) bond motifs is 1. The van der Waals surface area contributed by atoms with Crippen LogP contribution in [0, 0.1) is 6.92 Å². The fourth-order valence-corrected chi connectivity index (χ4v) is 2.31. The van der Waals surface area contributed by atoms with E-state index in [1.165, 1.54) is 0 Å². The number of imidazole rings is 1. The third kappa shape index (κ3) is 1.71. The van der Waals surface area contributed by atoms with E-state index in [9.17, 15) is 0 Å². The molecule has 0 aliphatic carbocycles. The molecule has 0 saturated carbocycles. The fourth-order valence-electron chi connectivity index (χ4n) is 2.00. The van der Waals surface area contributed by atoms with Crippen molar-refractivity contribution in [2.24, 2.45) is 0 Å². The van der Waals surface area contributed by atoms with E-state index in [1.54, 1.807) is 0 Å². The van der Waals surface area contributed by atoms with Crippen LogP contribution in [-0.4, -0.2) is 9.38 Å². The van der Waals surface area contributed by atoms with Crippen LogP contribution in [0.1, 0.15) is 5.56 Å². The number of nitrogens with zero attached hydrogens (tertiary/aromatic N) is 2. The topological polar surface area (TPSA) is 17.3 Å². The fraction of sp³-hybridized carbons (Fsp3) is 0.0714. The number of aryl methyl sites for hydroxylation is 1. The number of hydrogen-bond acceptors (Lipinski definition) is 1. The molecule has 0 fully saturated rings. The maximum absolute atomic E-state index is 6.18. The van der Waals surface area contributed by atoms with Crippen molar-refractivity contribution in [1.82, 2.24) is 9.38 Å². The van der Waals surface area contributed by atoms with Crippen LogP contribution in [0.2, 0.25) is 5.02 Å². The van der Waals surface area contributed by atoms with E-state index in [2.05, 4.69) is 23.3 Å². The zero-order valence-electron chi connectivity index (χ0n) is 9.39. The van der Waals surface area contributed by atoms with E-state index in [1.807, 2.05) is 41.8 Å². The highest BCUT2D eigenvalue weighted by Gasteiger charge is 2.08. The van der Waals surface area contributed by atoms with Crippen molar-refractivity contribution < 1.29 is 0 Å². The third-order valence-electron chi connectivity index (χ3n) is 2.77. The van der Waals surface area contributed by atoms with E-state index in [0.29, 0.717) is 5.02 Å². The predicted molar refractivity (Wildman–Crippen MR) is 70.4 cm³/mol. The summed E-state index contributed by atoms with van der Waals surface area (Å²) in [5, 5.41) is 0.687. The second-order valence-electron chi connectivity index (χ2n) is 4.07. The van der Waals surface area contributed by atoms with Gasteiger partial charge in [-0.1, -0.05) is 41.9 Å². The molecule has 0 radical (unpaired) electrons. The summed E-state index contributed by atoms with van der Waals surface area (Å²) in [6.07, 6.45) is 3.91. The number of aromatic nitrogens is 2. The van der Waals surface area contributed by atoms with Gasteiger partial charge in [-0.15, -0.1) is 0 Å². The maximum atomic E-state index is 6.18. The van der Waals surface area contributed by atoms with Gasteiger partial charge in [0.2, 0.25) is 0 Å². The van der Waals surface area contributed by atoms with Gasteiger partial charge in [0.15, 0.2) is 5.65 Å². The number of hydrogen-bond donors (Lipinski definition) is 0. The highest BCUT2D eigenvalue weighted by Crippen LogP contribution is 2.25. The largest absolute Gasteiger partial charge is 0.298 e. The van der Waals surface area contributed by atoms with Gasteiger partial charge in [0.1, 0.15) is 0 Å². The van der Waals surface area contributed by atoms with Crippen LogP contribution in [0.5, 0.6) is 0 Å². The van der Waals surface area contributed by atoms with Crippen molar-refractivity contribution in [2.75, 3.05) is 0 Å². The summed E-state index contributed by atoms with van der Waals surface area (Å²) >= 11 is 6.18. The van der Waals surface area contributed by atoms with E-state index in [0.717, 1.165) is 22.5 Å². The van der Waals surface area contributed by atoms with E-state index in [-0.39, 0.29) is 0 Å². The molecule has 3 rings (SSSR count). The Balaban J connectivity index is 2.32. The van der Waals surface area contributed by atoms with Crippen LogP contribution < -0.4 is 0 Å². The van der Waals surface area contributed by atoms with Crippen molar-refractivity contribution >= 4 is 17.2 Å². The Kier molecular flexibility index (Phi) is 2.37. The molecular formula is C14H11ClN2. The molecule has 0 atom stereocenters. The molecule has 17 heavy (non-hydrogen) atoms. The monoisotopic (exact) mass is 242 g/mol. The molecule has 0 unspecified atom stereocenters. The maximum Gasteiger partial charge on any atom is 0.156 e. The first-order chi connectivity index (χ1) is 8.25. The summed E-state index contributed by atoms with van der Waals surface area (Å²) in [5.74, 6) is 0. The standard InChI is InChI=1S/C14H11ClN2/c1-10-7-12(15)14-16-8-13(17(14)9-10)11-5-3-2-4-6-11/h2-9H,1H3. The third-order valence-corrected chi connectivity index (χ3v) is 3.05. The average molecular weight is 243 g/mol. The van der Waals surface area contributed by atoms with E-state index < -0.39 is 0 Å². The molecule has 2 nitrogen and oxygen atoms in total. The molecule has 0 saturated heterocycles. The first kappa shape index (κ1) is 10.4. The molecule has 84 valence electrons.